The third kappa shape index (κ3) is 4.93. The minimum Gasteiger partial charge on any atom is -0.493 e. The van der Waals surface area contributed by atoms with Gasteiger partial charge in [-0.05, 0) is 37.1 Å². The summed E-state index contributed by atoms with van der Waals surface area (Å²) in [7, 11) is 0. The molecule has 130 valence electrons. The number of aromatic nitrogens is 2. The van der Waals surface area contributed by atoms with Gasteiger partial charge in [-0.25, -0.2) is 9.97 Å². The van der Waals surface area contributed by atoms with Crippen molar-refractivity contribution in [1.29, 1.82) is 0 Å². The van der Waals surface area contributed by atoms with Gasteiger partial charge < -0.3 is 10.1 Å². The summed E-state index contributed by atoms with van der Waals surface area (Å²) in [6.45, 7) is 3.39. The van der Waals surface area contributed by atoms with Crippen LogP contribution in [-0.2, 0) is 6.42 Å². The van der Waals surface area contributed by atoms with E-state index >= 15 is 0 Å². The summed E-state index contributed by atoms with van der Waals surface area (Å²) in [6.07, 6.45) is 2.42. The maximum atomic E-state index is 6.05. The molecule has 0 bridgehead atoms. The van der Waals surface area contributed by atoms with Crippen molar-refractivity contribution in [2.75, 3.05) is 18.5 Å². The van der Waals surface area contributed by atoms with E-state index in [2.05, 4.69) is 31.2 Å². The Morgan fingerprint density at radius 1 is 1.24 bits per heavy atom. The smallest absolute Gasteiger partial charge is 0.130 e. The van der Waals surface area contributed by atoms with Crippen LogP contribution in [0.4, 0.5) is 5.82 Å². The van der Waals surface area contributed by atoms with E-state index in [0.717, 1.165) is 50.2 Å². The molecule has 0 aliphatic carbocycles. The Morgan fingerprint density at radius 3 is 2.96 bits per heavy atom. The van der Waals surface area contributed by atoms with Gasteiger partial charge in [-0.3, -0.25) is 0 Å². The lowest BCUT2D eigenvalue weighted by Gasteiger charge is -2.08. The molecule has 0 aliphatic rings. The lowest BCUT2D eigenvalue weighted by molar-refractivity contribution is 0.342. The molecule has 3 rings (SSSR count). The molecule has 2 heterocycles. The first-order valence-electron chi connectivity index (χ1n) is 7.87. The highest BCUT2D eigenvalue weighted by Crippen LogP contribution is 2.30. The summed E-state index contributed by atoms with van der Waals surface area (Å²) >= 11 is 11.2. The van der Waals surface area contributed by atoms with Crippen LogP contribution in [0.2, 0.25) is 5.02 Å². The molecular weight excluding hydrogens is 422 g/mol. The monoisotopic (exact) mass is 437 g/mol. The number of halogens is 2. The molecule has 0 saturated carbocycles. The van der Waals surface area contributed by atoms with Crippen molar-refractivity contribution in [2.45, 2.75) is 13.3 Å². The zero-order valence-electron chi connectivity index (χ0n) is 13.6. The molecule has 0 saturated heterocycles. The molecule has 0 atom stereocenters. The molecule has 0 radical (unpaired) electrons. The fourth-order valence-electron chi connectivity index (χ4n) is 2.34. The molecule has 7 heteroatoms. The van der Waals surface area contributed by atoms with Gasteiger partial charge in [0.25, 0.3) is 0 Å². The molecule has 0 amide bonds. The van der Waals surface area contributed by atoms with Gasteiger partial charge in [-0.15, -0.1) is 11.3 Å². The normalized spacial score (nSPS) is 10.7. The number of nitrogens with one attached hydrogen (secondary N) is 1. The van der Waals surface area contributed by atoms with Crippen LogP contribution in [0.15, 0.2) is 46.5 Å². The molecule has 1 N–H and O–H groups in total. The van der Waals surface area contributed by atoms with Gasteiger partial charge in [0.05, 0.1) is 17.2 Å². The van der Waals surface area contributed by atoms with Gasteiger partial charge in [0.1, 0.15) is 17.9 Å². The summed E-state index contributed by atoms with van der Waals surface area (Å²) in [5, 5.41) is 6.07. The summed E-state index contributed by atoms with van der Waals surface area (Å²) in [6, 6.07) is 9.77. The molecule has 0 aliphatic heterocycles. The molecule has 25 heavy (non-hydrogen) atoms. The van der Waals surface area contributed by atoms with Crippen molar-refractivity contribution < 1.29 is 4.74 Å². The van der Waals surface area contributed by atoms with Crippen LogP contribution in [0.25, 0.3) is 10.6 Å². The number of ether oxygens (including phenoxy) is 1. The molecule has 4 nitrogen and oxygen atoms in total. The number of hydrogen-bond acceptors (Lipinski definition) is 5. The first-order chi connectivity index (χ1) is 12.2. The van der Waals surface area contributed by atoms with Crippen LogP contribution in [0, 0.1) is 0 Å². The lowest BCUT2D eigenvalue weighted by atomic mass is 10.1. The number of nitrogens with zero attached hydrogens (tertiary/aromatic N) is 2. The maximum absolute atomic E-state index is 6.05. The molecule has 3 aromatic rings. The van der Waals surface area contributed by atoms with E-state index in [4.69, 9.17) is 16.3 Å². The zero-order chi connectivity index (χ0) is 17.6. The highest BCUT2D eigenvalue weighted by molar-refractivity contribution is 9.10. The summed E-state index contributed by atoms with van der Waals surface area (Å²) in [5.41, 5.74) is 2.05. The lowest BCUT2D eigenvalue weighted by Crippen LogP contribution is -2.07. The SMILES string of the molecule is CCOc1csc(-c2cc(NCCc3cc(Cl)ccc3Br)ncn2)c1. The van der Waals surface area contributed by atoms with E-state index in [1.54, 1.807) is 17.7 Å². The summed E-state index contributed by atoms with van der Waals surface area (Å²) in [4.78, 5) is 9.71. The molecule has 2 aromatic heterocycles. The minimum atomic E-state index is 0.659. The standard InChI is InChI=1S/C18H17BrClN3OS/c1-2-24-14-8-17(25-10-14)16-9-18(23-11-22-16)21-6-5-12-7-13(20)3-4-15(12)19/h3-4,7-11H,2,5-6H2,1H3,(H,21,22,23). The predicted octanol–water partition coefficient (Wildman–Crippen LogP) is 5.67. The van der Waals surface area contributed by atoms with Crippen molar-refractivity contribution in [1.82, 2.24) is 9.97 Å². The van der Waals surface area contributed by atoms with E-state index < -0.39 is 0 Å². The summed E-state index contributed by atoms with van der Waals surface area (Å²) in [5.74, 6) is 1.68. The quantitative estimate of drug-likeness (QED) is 0.516. The Labute approximate surface area is 164 Å². The molecule has 1 aromatic carbocycles. The molecular formula is C18H17BrClN3OS. The average Bonchev–Trinajstić information content (AvgIpc) is 3.07. The number of hydrogen-bond donors (Lipinski definition) is 1. The van der Waals surface area contributed by atoms with E-state index in [-0.39, 0.29) is 0 Å². The van der Waals surface area contributed by atoms with Crippen molar-refractivity contribution in [3.05, 3.63) is 57.1 Å². The number of thiophene rings is 1. The second-order valence-electron chi connectivity index (χ2n) is 5.28. The van der Waals surface area contributed by atoms with Crippen LogP contribution >= 0.6 is 38.9 Å². The Bertz CT molecular complexity index is 856. The minimum absolute atomic E-state index is 0.659. The summed E-state index contributed by atoms with van der Waals surface area (Å²) < 4.78 is 6.57. The van der Waals surface area contributed by atoms with E-state index in [1.165, 1.54) is 0 Å². The Balaban J connectivity index is 1.64. The van der Waals surface area contributed by atoms with Gasteiger partial charge in [0.2, 0.25) is 0 Å². The highest BCUT2D eigenvalue weighted by atomic mass is 79.9. The Hall–Kier alpha value is -1.63. The van der Waals surface area contributed by atoms with Crippen LogP contribution < -0.4 is 10.1 Å². The van der Waals surface area contributed by atoms with Crippen LogP contribution in [0.3, 0.4) is 0 Å². The fraction of sp³-hybridized carbons (Fsp3) is 0.222. The van der Waals surface area contributed by atoms with E-state index in [1.807, 2.05) is 42.6 Å². The van der Waals surface area contributed by atoms with Crippen LogP contribution in [-0.4, -0.2) is 23.1 Å². The van der Waals surface area contributed by atoms with Gasteiger partial charge in [-0.1, -0.05) is 27.5 Å². The van der Waals surface area contributed by atoms with Crippen molar-refractivity contribution in [3.8, 4) is 16.3 Å². The first-order valence-corrected chi connectivity index (χ1v) is 9.92. The van der Waals surface area contributed by atoms with Gasteiger partial charge in [0, 0.05) is 33.6 Å². The van der Waals surface area contributed by atoms with Crippen molar-refractivity contribution in [2.24, 2.45) is 0 Å². The number of anilines is 1. The fourth-order valence-corrected chi connectivity index (χ4v) is 3.78. The van der Waals surface area contributed by atoms with Gasteiger partial charge in [0.15, 0.2) is 0 Å². The molecule has 0 spiro atoms. The van der Waals surface area contributed by atoms with Gasteiger partial charge >= 0.3 is 0 Å². The van der Waals surface area contributed by atoms with Crippen molar-refractivity contribution >= 4 is 44.7 Å². The largest absolute Gasteiger partial charge is 0.493 e. The van der Waals surface area contributed by atoms with Crippen LogP contribution in [0.5, 0.6) is 5.75 Å². The molecule has 0 fully saturated rings. The average molecular weight is 439 g/mol. The number of benzene rings is 1. The van der Waals surface area contributed by atoms with Crippen molar-refractivity contribution in [3.63, 3.8) is 0 Å². The topological polar surface area (TPSA) is 47.0 Å². The Kier molecular flexibility index (Phi) is 6.29. The third-order valence-electron chi connectivity index (χ3n) is 3.51. The highest BCUT2D eigenvalue weighted by Gasteiger charge is 2.07. The molecule has 0 unspecified atom stereocenters. The van der Waals surface area contributed by atoms with E-state index in [0.29, 0.717) is 6.61 Å². The third-order valence-corrected chi connectivity index (χ3v) is 5.45. The van der Waals surface area contributed by atoms with Gasteiger partial charge in [-0.2, -0.15) is 0 Å². The second-order valence-corrected chi connectivity index (χ2v) is 7.48. The first kappa shape index (κ1) is 18.2. The second kappa shape index (κ2) is 8.65. The van der Waals surface area contributed by atoms with Crippen LogP contribution in [0.1, 0.15) is 12.5 Å². The predicted molar refractivity (Wildman–Crippen MR) is 108 cm³/mol. The Morgan fingerprint density at radius 2 is 2.12 bits per heavy atom. The number of rotatable bonds is 7. The zero-order valence-corrected chi connectivity index (χ0v) is 16.8. The maximum Gasteiger partial charge on any atom is 0.130 e. The van der Waals surface area contributed by atoms with E-state index in [9.17, 15) is 0 Å².